The number of anilines is 2. The van der Waals surface area contributed by atoms with E-state index < -0.39 is 0 Å². The number of rotatable bonds is 4. The van der Waals surface area contributed by atoms with E-state index in [2.05, 4.69) is 25.9 Å². The molecular formula is C13H14BrN3O2. The number of para-hydroxylation sites is 2. The molecule has 6 heteroatoms. The van der Waals surface area contributed by atoms with Crippen molar-refractivity contribution in [2.24, 2.45) is 0 Å². The number of hydrogen-bond donors (Lipinski definition) is 0. The Morgan fingerprint density at radius 3 is 2.58 bits per heavy atom. The van der Waals surface area contributed by atoms with Gasteiger partial charge in [0.15, 0.2) is 0 Å². The average molecular weight is 324 g/mol. The first-order valence-electron chi connectivity index (χ1n) is 5.60. The van der Waals surface area contributed by atoms with E-state index in [4.69, 9.17) is 9.47 Å². The van der Waals surface area contributed by atoms with E-state index in [1.165, 1.54) is 0 Å². The van der Waals surface area contributed by atoms with Gasteiger partial charge in [0.1, 0.15) is 5.75 Å². The largest absolute Gasteiger partial charge is 0.495 e. The maximum absolute atomic E-state index is 5.33. The molecule has 1 heterocycles. The van der Waals surface area contributed by atoms with Crippen molar-refractivity contribution in [3.05, 3.63) is 34.9 Å². The second-order valence-electron chi connectivity index (χ2n) is 3.76. The van der Waals surface area contributed by atoms with Crippen LogP contribution in [0.15, 0.2) is 34.9 Å². The standard InChI is InChI=1S/C13H14BrN3O2/c1-17(10-6-4-5-7-11(10)18-2)13-15-8-9(14)12(16-13)19-3/h4-8H,1-3H3. The highest BCUT2D eigenvalue weighted by molar-refractivity contribution is 9.10. The second-order valence-corrected chi connectivity index (χ2v) is 4.61. The Labute approximate surface area is 120 Å². The zero-order valence-corrected chi connectivity index (χ0v) is 12.5. The van der Waals surface area contributed by atoms with Crippen LogP contribution in [0.2, 0.25) is 0 Å². The fourth-order valence-electron chi connectivity index (χ4n) is 1.66. The van der Waals surface area contributed by atoms with Gasteiger partial charge in [0, 0.05) is 7.05 Å². The topological polar surface area (TPSA) is 47.5 Å². The highest BCUT2D eigenvalue weighted by atomic mass is 79.9. The fraction of sp³-hybridized carbons (Fsp3) is 0.231. The molecule has 0 aliphatic heterocycles. The normalized spacial score (nSPS) is 10.1. The number of halogens is 1. The lowest BCUT2D eigenvalue weighted by molar-refractivity contribution is 0.394. The number of methoxy groups -OCH3 is 2. The summed E-state index contributed by atoms with van der Waals surface area (Å²) in [5.41, 5.74) is 0.884. The van der Waals surface area contributed by atoms with Crippen LogP contribution in [-0.4, -0.2) is 31.2 Å². The van der Waals surface area contributed by atoms with E-state index in [1.54, 1.807) is 20.4 Å². The van der Waals surface area contributed by atoms with Gasteiger partial charge in [-0.15, -0.1) is 0 Å². The Morgan fingerprint density at radius 2 is 1.89 bits per heavy atom. The number of nitrogens with zero attached hydrogens (tertiary/aromatic N) is 3. The van der Waals surface area contributed by atoms with E-state index in [9.17, 15) is 0 Å². The third-order valence-electron chi connectivity index (χ3n) is 2.64. The zero-order valence-electron chi connectivity index (χ0n) is 10.9. The monoisotopic (exact) mass is 323 g/mol. The van der Waals surface area contributed by atoms with Crippen molar-refractivity contribution in [3.8, 4) is 11.6 Å². The van der Waals surface area contributed by atoms with Crippen LogP contribution in [0.3, 0.4) is 0 Å². The molecule has 0 N–H and O–H groups in total. The molecule has 0 amide bonds. The summed E-state index contributed by atoms with van der Waals surface area (Å²) in [5.74, 6) is 1.78. The van der Waals surface area contributed by atoms with Gasteiger partial charge < -0.3 is 14.4 Å². The van der Waals surface area contributed by atoms with Gasteiger partial charge in [0.05, 0.1) is 30.6 Å². The minimum absolute atomic E-state index is 0.492. The lowest BCUT2D eigenvalue weighted by atomic mass is 10.3. The van der Waals surface area contributed by atoms with Crippen molar-refractivity contribution in [2.75, 3.05) is 26.2 Å². The summed E-state index contributed by atoms with van der Waals surface area (Å²) in [4.78, 5) is 10.4. The first-order valence-corrected chi connectivity index (χ1v) is 6.40. The van der Waals surface area contributed by atoms with Crippen LogP contribution >= 0.6 is 15.9 Å². The Balaban J connectivity index is 2.41. The minimum atomic E-state index is 0.492. The molecule has 0 bridgehead atoms. The first kappa shape index (κ1) is 13.6. The Hall–Kier alpha value is -1.82. The maximum atomic E-state index is 5.33. The SMILES string of the molecule is COc1ccccc1N(C)c1ncc(Br)c(OC)n1. The lowest BCUT2D eigenvalue weighted by Crippen LogP contribution is -2.14. The molecule has 0 atom stereocenters. The maximum Gasteiger partial charge on any atom is 0.233 e. The summed E-state index contributed by atoms with van der Waals surface area (Å²) in [7, 11) is 5.08. The summed E-state index contributed by atoms with van der Waals surface area (Å²) < 4.78 is 11.2. The number of hydrogen-bond acceptors (Lipinski definition) is 5. The van der Waals surface area contributed by atoms with E-state index >= 15 is 0 Å². The van der Waals surface area contributed by atoms with Gasteiger partial charge in [-0.2, -0.15) is 4.98 Å². The molecule has 0 aliphatic carbocycles. The number of benzene rings is 1. The number of ether oxygens (including phenoxy) is 2. The Morgan fingerprint density at radius 1 is 1.16 bits per heavy atom. The highest BCUT2D eigenvalue weighted by Gasteiger charge is 2.13. The minimum Gasteiger partial charge on any atom is -0.495 e. The Kier molecular flexibility index (Phi) is 4.21. The van der Waals surface area contributed by atoms with Gasteiger partial charge in [-0.3, -0.25) is 0 Å². The van der Waals surface area contributed by atoms with Crippen LogP contribution < -0.4 is 14.4 Å². The summed E-state index contributed by atoms with van der Waals surface area (Å²) in [5, 5.41) is 0. The molecular weight excluding hydrogens is 310 g/mol. The molecule has 5 nitrogen and oxygen atoms in total. The molecule has 0 radical (unpaired) electrons. The van der Waals surface area contributed by atoms with Gasteiger partial charge in [-0.25, -0.2) is 4.98 Å². The van der Waals surface area contributed by atoms with Crippen LogP contribution in [0.4, 0.5) is 11.6 Å². The molecule has 2 rings (SSSR count). The molecule has 0 unspecified atom stereocenters. The molecule has 0 aliphatic rings. The van der Waals surface area contributed by atoms with Gasteiger partial charge >= 0.3 is 0 Å². The smallest absolute Gasteiger partial charge is 0.233 e. The quantitative estimate of drug-likeness (QED) is 0.865. The molecule has 1 aromatic heterocycles. The predicted octanol–water partition coefficient (Wildman–Crippen LogP) is 3.02. The molecule has 100 valence electrons. The van der Waals surface area contributed by atoms with E-state index in [0.717, 1.165) is 11.4 Å². The summed E-state index contributed by atoms with van der Waals surface area (Å²) in [6, 6.07) is 7.68. The second kappa shape index (κ2) is 5.88. The van der Waals surface area contributed by atoms with Gasteiger partial charge in [-0.05, 0) is 28.1 Å². The summed E-state index contributed by atoms with van der Waals surface area (Å²) in [6.45, 7) is 0. The first-order chi connectivity index (χ1) is 9.17. The Bertz CT molecular complexity index is 578. The van der Waals surface area contributed by atoms with E-state index in [-0.39, 0.29) is 0 Å². The van der Waals surface area contributed by atoms with Crippen molar-refractivity contribution in [2.45, 2.75) is 0 Å². The zero-order chi connectivity index (χ0) is 13.8. The molecule has 0 saturated heterocycles. The van der Waals surface area contributed by atoms with Crippen LogP contribution in [0, 0.1) is 0 Å². The fourth-order valence-corrected chi connectivity index (χ4v) is 2.01. The highest BCUT2D eigenvalue weighted by Crippen LogP contribution is 2.32. The molecule has 0 fully saturated rings. The molecule has 2 aromatic rings. The van der Waals surface area contributed by atoms with Gasteiger partial charge in [0.2, 0.25) is 11.8 Å². The van der Waals surface area contributed by atoms with E-state index in [0.29, 0.717) is 16.3 Å². The van der Waals surface area contributed by atoms with Crippen molar-refractivity contribution in [1.82, 2.24) is 9.97 Å². The van der Waals surface area contributed by atoms with Crippen molar-refractivity contribution in [3.63, 3.8) is 0 Å². The van der Waals surface area contributed by atoms with Crippen LogP contribution in [0.1, 0.15) is 0 Å². The van der Waals surface area contributed by atoms with Gasteiger partial charge in [0.25, 0.3) is 0 Å². The summed E-state index contributed by atoms with van der Waals surface area (Å²) >= 11 is 3.33. The van der Waals surface area contributed by atoms with Gasteiger partial charge in [-0.1, -0.05) is 12.1 Å². The lowest BCUT2D eigenvalue weighted by Gasteiger charge is -2.20. The van der Waals surface area contributed by atoms with Crippen molar-refractivity contribution < 1.29 is 9.47 Å². The van der Waals surface area contributed by atoms with E-state index in [1.807, 2.05) is 36.2 Å². The predicted molar refractivity (Wildman–Crippen MR) is 77.3 cm³/mol. The van der Waals surface area contributed by atoms with Crippen LogP contribution in [-0.2, 0) is 0 Å². The molecule has 19 heavy (non-hydrogen) atoms. The molecule has 0 spiro atoms. The third kappa shape index (κ3) is 2.78. The van der Waals surface area contributed by atoms with Crippen LogP contribution in [0.5, 0.6) is 11.6 Å². The third-order valence-corrected chi connectivity index (χ3v) is 3.18. The number of aromatic nitrogens is 2. The average Bonchev–Trinajstić information content (AvgIpc) is 2.47. The molecule has 1 aromatic carbocycles. The van der Waals surface area contributed by atoms with Crippen molar-refractivity contribution >= 4 is 27.6 Å². The molecule has 0 saturated carbocycles. The summed E-state index contributed by atoms with van der Waals surface area (Å²) in [6.07, 6.45) is 1.66. The van der Waals surface area contributed by atoms with Crippen molar-refractivity contribution in [1.29, 1.82) is 0 Å². The van der Waals surface area contributed by atoms with Crippen LogP contribution in [0.25, 0.3) is 0 Å².